The highest BCUT2D eigenvalue weighted by Gasteiger charge is 2.21. The minimum atomic E-state index is -0.615. The average Bonchev–Trinajstić information content (AvgIpc) is 3.11. The van der Waals surface area contributed by atoms with Crippen LogP contribution in [0.4, 0.5) is 8.78 Å². The number of amides is 2. The van der Waals surface area contributed by atoms with E-state index in [1.807, 2.05) is 0 Å². The highest BCUT2D eigenvalue weighted by molar-refractivity contribution is 5.96. The molecule has 6 nitrogen and oxygen atoms in total. The normalized spacial score (nSPS) is 11.7. The number of nitrogens with one attached hydrogen (secondary N) is 2. The number of nitrogens with zero attached hydrogens (tertiary/aromatic N) is 2. The molecule has 1 heterocycles. The Balaban J connectivity index is 1.69. The third kappa shape index (κ3) is 4.59. The molecule has 8 heteroatoms. The van der Waals surface area contributed by atoms with E-state index in [9.17, 15) is 18.4 Å². The number of carbonyl (C=O) groups excluding carboxylic acids is 2. The monoisotopic (exact) mass is 384 g/mol. The summed E-state index contributed by atoms with van der Waals surface area (Å²) in [6.45, 7) is -0.279. The zero-order valence-corrected chi connectivity index (χ0v) is 15.0. The van der Waals surface area contributed by atoms with Gasteiger partial charge in [-0.25, -0.2) is 13.8 Å². The topological polar surface area (TPSA) is 76.0 Å². The van der Waals surface area contributed by atoms with Crippen LogP contribution in [0.15, 0.2) is 60.9 Å². The summed E-state index contributed by atoms with van der Waals surface area (Å²) in [5.41, 5.74) is 0.891. The summed E-state index contributed by atoms with van der Waals surface area (Å²) >= 11 is 0. The van der Waals surface area contributed by atoms with Crippen molar-refractivity contribution in [3.05, 3.63) is 89.5 Å². The molecule has 0 radical (unpaired) electrons. The van der Waals surface area contributed by atoms with Gasteiger partial charge in [0.2, 0.25) is 5.91 Å². The molecule has 1 aromatic heterocycles. The predicted molar refractivity (Wildman–Crippen MR) is 98.3 cm³/mol. The second-order valence-electron chi connectivity index (χ2n) is 6.14. The Bertz CT molecular complexity index is 969. The molecule has 3 aromatic rings. The Morgan fingerprint density at radius 3 is 2.21 bits per heavy atom. The summed E-state index contributed by atoms with van der Waals surface area (Å²) in [6, 6.07) is 10.1. The van der Waals surface area contributed by atoms with Gasteiger partial charge >= 0.3 is 0 Å². The van der Waals surface area contributed by atoms with Gasteiger partial charge in [0.25, 0.3) is 5.91 Å². The van der Waals surface area contributed by atoms with Crippen LogP contribution in [-0.2, 0) is 11.8 Å². The van der Waals surface area contributed by atoms with Gasteiger partial charge in [0.05, 0.1) is 6.54 Å². The number of hydrogen-bond donors (Lipinski definition) is 2. The molecule has 2 aromatic carbocycles. The molecule has 0 saturated carbocycles. The van der Waals surface area contributed by atoms with E-state index < -0.39 is 23.7 Å². The molecular formula is C20H18F2N4O2. The van der Waals surface area contributed by atoms with Gasteiger partial charge in [0.15, 0.2) is 0 Å². The fourth-order valence-corrected chi connectivity index (χ4v) is 2.68. The number of imidazole rings is 1. The molecule has 0 unspecified atom stereocenters. The molecule has 0 bridgehead atoms. The summed E-state index contributed by atoms with van der Waals surface area (Å²) in [5.74, 6) is -1.23. The highest BCUT2D eigenvalue weighted by atomic mass is 19.1. The standard InChI is InChI=1S/C20H18F2N4O2/c1-26-11-10-23-19(26)18(13-2-6-15(21)7-3-13)25-17(27)12-24-20(28)14-4-8-16(22)9-5-14/h2-11,18H,12H2,1H3,(H,24,28)(H,25,27)/t18-/m0/s1. The molecule has 0 aliphatic carbocycles. The summed E-state index contributed by atoms with van der Waals surface area (Å²) in [6.07, 6.45) is 3.32. The SMILES string of the molecule is Cn1ccnc1[C@@H](NC(=O)CNC(=O)c1ccc(F)cc1)c1ccc(F)cc1. The maximum Gasteiger partial charge on any atom is 0.251 e. The number of halogens is 2. The van der Waals surface area contributed by atoms with Gasteiger partial charge in [0, 0.05) is 25.0 Å². The molecule has 144 valence electrons. The second-order valence-corrected chi connectivity index (χ2v) is 6.14. The molecule has 0 saturated heterocycles. The maximum atomic E-state index is 13.3. The minimum absolute atomic E-state index is 0.244. The summed E-state index contributed by atoms with van der Waals surface area (Å²) in [5, 5.41) is 5.28. The van der Waals surface area contributed by atoms with Crippen LogP contribution >= 0.6 is 0 Å². The molecule has 28 heavy (non-hydrogen) atoms. The van der Waals surface area contributed by atoms with Crippen molar-refractivity contribution in [2.75, 3.05) is 6.54 Å². The van der Waals surface area contributed by atoms with Crippen LogP contribution in [-0.4, -0.2) is 27.9 Å². The Morgan fingerprint density at radius 1 is 1.04 bits per heavy atom. The van der Waals surface area contributed by atoms with Gasteiger partial charge in [-0.05, 0) is 42.0 Å². The minimum Gasteiger partial charge on any atom is -0.343 e. The van der Waals surface area contributed by atoms with Crippen LogP contribution in [0.1, 0.15) is 27.8 Å². The number of carbonyl (C=O) groups is 2. The molecule has 0 aliphatic rings. The van der Waals surface area contributed by atoms with Gasteiger partial charge < -0.3 is 15.2 Å². The smallest absolute Gasteiger partial charge is 0.251 e. The van der Waals surface area contributed by atoms with E-state index in [0.29, 0.717) is 11.4 Å². The molecule has 0 spiro atoms. The van der Waals surface area contributed by atoms with E-state index in [0.717, 1.165) is 0 Å². The van der Waals surface area contributed by atoms with Crippen LogP contribution in [0, 0.1) is 11.6 Å². The lowest BCUT2D eigenvalue weighted by Gasteiger charge is -2.19. The van der Waals surface area contributed by atoms with E-state index in [1.54, 1.807) is 36.1 Å². The quantitative estimate of drug-likeness (QED) is 0.685. The second kappa shape index (κ2) is 8.43. The first-order valence-electron chi connectivity index (χ1n) is 8.50. The lowest BCUT2D eigenvalue weighted by molar-refractivity contribution is -0.120. The van der Waals surface area contributed by atoms with Crippen molar-refractivity contribution in [1.29, 1.82) is 0 Å². The lowest BCUT2D eigenvalue weighted by Crippen LogP contribution is -2.39. The Morgan fingerprint density at radius 2 is 1.64 bits per heavy atom. The summed E-state index contributed by atoms with van der Waals surface area (Å²) in [4.78, 5) is 28.7. The van der Waals surface area contributed by atoms with E-state index >= 15 is 0 Å². The van der Waals surface area contributed by atoms with Crippen LogP contribution in [0.5, 0.6) is 0 Å². The third-order valence-corrected chi connectivity index (χ3v) is 4.14. The number of benzene rings is 2. The number of aryl methyl sites for hydroxylation is 1. The van der Waals surface area contributed by atoms with Crippen LogP contribution in [0.3, 0.4) is 0 Å². The van der Waals surface area contributed by atoms with Crippen LogP contribution in [0.25, 0.3) is 0 Å². The zero-order chi connectivity index (χ0) is 20.1. The summed E-state index contributed by atoms with van der Waals surface area (Å²) in [7, 11) is 1.78. The Kier molecular flexibility index (Phi) is 5.78. The van der Waals surface area contributed by atoms with E-state index in [2.05, 4.69) is 15.6 Å². The summed E-state index contributed by atoms with van der Waals surface area (Å²) < 4.78 is 27.9. The maximum absolute atomic E-state index is 13.3. The van der Waals surface area contributed by atoms with E-state index in [1.165, 1.54) is 36.4 Å². The fraction of sp³-hybridized carbons (Fsp3) is 0.150. The zero-order valence-electron chi connectivity index (χ0n) is 15.0. The van der Waals surface area contributed by atoms with Gasteiger partial charge in [-0.3, -0.25) is 9.59 Å². The van der Waals surface area contributed by atoms with Crippen molar-refractivity contribution in [3.8, 4) is 0 Å². The number of hydrogen-bond acceptors (Lipinski definition) is 3. The van der Waals surface area contributed by atoms with Gasteiger partial charge in [-0.15, -0.1) is 0 Å². The molecular weight excluding hydrogens is 366 g/mol. The fourth-order valence-electron chi connectivity index (χ4n) is 2.68. The molecule has 0 aliphatic heterocycles. The van der Waals surface area contributed by atoms with Crippen molar-refractivity contribution >= 4 is 11.8 Å². The Hall–Kier alpha value is -3.55. The first-order valence-corrected chi connectivity index (χ1v) is 8.50. The molecule has 2 N–H and O–H groups in total. The molecule has 3 rings (SSSR count). The third-order valence-electron chi connectivity index (χ3n) is 4.14. The largest absolute Gasteiger partial charge is 0.343 e. The van der Waals surface area contributed by atoms with Crippen molar-refractivity contribution in [1.82, 2.24) is 20.2 Å². The first kappa shape index (κ1) is 19.2. The van der Waals surface area contributed by atoms with Gasteiger partial charge in [-0.1, -0.05) is 12.1 Å². The molecule has 2 amide bonds. The van der Waals surface area contributed by atoms with Crippen molar-refractivity contribution < 1.29 is 18.4 Å². The number of aromatic nitrogens is 2. The van der Waals surface area contributed by atoms with Crippen LogP contribution in [0.2, 0.25) is 0 Å². The van der Waals surface area contributed by atoms with Crippen molar-refractivity contribution in [2.24, 2.45) is 7.05 Å². The molecule has 0 fully saturated rings. The van der Waals surface area contributed by atoms with Crippen molar-refractivity contribution in [3.63, 3.8) is 0 Å². The number of rotatable bonds is 6. The van der Waals surface area contributed by atoms with Gasteiger partial charge in [-0.2, -0.15) is 0 Å². The van der Waals surface area contributed by atoms with E-state index in [4.69, 9.17) is 0 Å². The van der Waals surface area contributed by atoms with E-state index in [-0.39, 0.29) is 17.9 Å². The average molecular weight is 384 g/mol. The lowest BCUT2D eigenvalue weighted by atomic mass is 10.1. The van der Waals surface area contributed by atoms with Crippen molar-refractivity contribution in [2.45, 2.75) is 6.04 Å². The molecule has 1 atom stereocenters. The first-order chi connectivity index (χ1) is 13.4. The predicted octanol–water partition coefficient (Wildman–Crippen LogP) is 2.33. The van der Waals surface area contributed by atoms with Crippen LogP contribution < -0.4 is 10.6 Å². The van der Waals surface area contributed by atoms with Gasteiger partial charge in [0.1, 0.15) is 23.5 Å². The Labute approximate surface area is 160 Å². The highest BCUT2D eigenvalue weighted by Crippen LogP contribution is 2.20.